The molecule has 0 fully saturated rings. The van der Waals surface area contributed by atoms with Crippen molar-refractivity contribution in [3.8, 4) is 0 Å². The number of nitrogens with zero attached hydrogens (tertiary/aromatic N) is 1. The Hall–Kier alpha value is -0.530. The lowest BCUT2D eigenvalue weighted by Crippen LogP contribution is -2.27. The minimum Gasteiger partial charge on any atom is -0.346 e. The van der Waals surface area contributed by atoms with Crippen LogP contribution in [0.15, 0.2) is 0 Å². The first kappa shape index (κ1) is 19.5. The Bertz CT molecular complexity index is 215. The second-order valence-corrected chi connectivity index (χ2v) is 6.10. The summed E-state index contributed by atoms with van der Waals surface area (Å²) in [6.45, 7) is 5.43. The monoisotopic (exact) mass is 283 g/mol. The fourth-order valence-electron chi connectivity index (χ4n) is 2.50. The summed E-state index contributed by atoms with van der Waals surface area (Å²) in [6.07, 6.45) is 16.1. The third kappa shape index (κ3) is 12.5. The first-order chi connectivity index (χ1) is 9.72. The Balaban J connectivity index is 3.37. The molecule has 0 aliphatic carbocycles. The molecule has 2 heteroatoms. The van der Waals surface area contributed by atoms with E-state index in [1.165, 1.54) is 70.6 Å². The minimum atomic E-state index is 0.342. The number of hydrogen-bond donors (Lipinski definition) is 0. The number of amides is 1. The zero-order chi connectivity index (χ0) is 15.1. The Kier molecular flexibility index (Phi) is 14.5. The van der Waals surface area contributed by atoms with E-state index in [1.807, 2.05) is 11.9 Å². The van der Waals surface area contributed by atoms with Crippen molar-refractivity contribution in [1.82, 2.24) is 4.90 Å². The normalized spacial score (nSPS) is 10.8. The molecule has 0 aromatic heterocycles. The lowest BCUT2D eigenvalue weighted by Gasteiger charge is -2.17. The molecule has 0 saturated heterocycles. The molecule has 1 amide bonds. The molecule has 0 aromatic carbocycles. The molecule has 0 aliphatic heterocycles. The summed E-state index contributed by atoms with van der Waals surface area (Å²) in [6, 6.07) is 0. The van der Waals surface area contributed by atoms with Crippen molar-refractivity contribution >= 4 is 5.91 Å². The van der Waals surface area contributed by atoms with Gasteiger partial charge in [-0.3, -0.25) is 4.79 Å². The standard InChI is InChI=1S/C18H37NO/c1-4-6-8-10-12-14-16-18(20)19(3)17-15-13-11-9-7-5-2/h4-17H2,1-3H3. The van der Waals surface area contributed by atoms with Crippen molar-refractivity contribution in [1.29, 1.82) is 0 Å². The fourth-order valence-corrected chi connectivity index (χ4v) is 2.50. The van der Waals surface area contributed by atoms with Crippen LogP contribution in [0.4, 0.5) is 0 Å². The van der Waals surface area contributed by atoms with Gasteiger partial charge in [0.15, 0.2) is 0 Å². The summed E-state index contributed by atoms with van der Waals surface area (Å²) in [4.78, 5) is 13.9. The van der Waals surface area contributed by atoms with Crippen molar-refractivity contribution in [3.63, 3.8) is 0 Å². The van der Waals surface area contributed by atoms with Crippen LogP contribution in [0, 0.1) is 0 Å². The first-order valence-corrected chi connectivity index (χ1v) is 8.96. The van der Waals surface area contributed by atoms with Crippen LogP contribution in [-0.2, 0) is 4.79 Å². The van der Waals surface area contributed by atoms with Crippen LogP contribution < -0.4 is 0 Å². The van der Waals surface area contributed by atoms with Gasteiger partial charge >= 0.3 is 0 Å². The lowest BCUT2D eigenvalue weighted by molar-refractivity contribution is -0.130. The summed E-state index contributed by atoms with van der Waals surface area (Å²) < 4.78 is 0. The Labute approximate surface area is 127 Å². The van der Waals surface area contributed by atoms with Gasteiger partial charge in [-0.15, -0.1) is 0 Å². The van der Waals surface area contributed by atoms with Crippen molar-refractivity contribution in [2.45, 2.75) is 97.3 Å². The van der Waals surface area contributed by atoms with Crippen molar-refractivity contribution in [2.24, 2.45) is 0 Å². The maximum Gasteiger partial charge on any atom is 0.222 e. The number of rotatable bonds is 14. The molecule has 0 bridgehead atoms. The van der Waals surface area contributed by atoms with Crippen LogP contribution in [0.1, 0.15) is 97.3 Å². The largest absolute Gasteiger partial charge is 0.346 e. The number of unbranched alkanes of at least 4 members (excludes halogenated alkanes) is 10. The molecule has 0 rings (SSSR count). The van der Waals surface area contributed by atoms with Crippen molar-refractivity contribution in [3.05, 3.63) is 0 Å². The molecule has 0 radical (unpaired) electrons. The van der Waals surface area contributed by atoms with Crippen molar-refractivity contribution in [2.75, 3.05) is 13.6 Å². The van der Waals surface area contributed by atoms with E-state index in [1.54, 1.807) is 0 Å². The van der Waals surface area contributed by atoms with Crippen molar-refractivity contribution < 1.29 is 4.79 Å². The number of hydrogen-bond acceptors (Lipinski definition) is 1. The molecule has 0 N–H and O–H groups in total. The first-order valence-electron chi connectivity index (χ1n) is 8.96. The molecule has 0 heterocycles. The maximum atomic E-state index is 11.9. The molecule has 0 aliphatic rings. The van der Waals surface area contributed by atoms with E-state index >= 15 is 0 Å². The molecule has 0 spiro atoms. The SMILES string of the molecule is CCCCCCCCC(=O)N(C)CCCCCCCC. The van der Waals surface area contributed by atoms with E-state index in [-0.39, 0.29) is 0 Å². The number of carbonyl (C=O) groups is 1. The van der Waals surface area contributed by atoms with Gasteiger partial charge in [-0.25, -0.2) is 0 Å². The van der Waals surface area contributed by atoms with Crippen LogP contribution in [0.25, 0.3) is 0 Å². The quantitative estimate of drug-likeness (QED) is 0.382. The molecule has 0 unspecified atom stereocenters. The van der Waals surface area contributed by atoms with Crippen LogP contribution in [0.3, 0.4) is 0 Å². The van der Waals surface area contributed by atoms with Crippen LogP contribution in [0.5, 0.6) is 0 Å². The predicted molar refractivity (Wildman–Crippen MR) is 89.0 cm³/mol. The molecule has 0 aromatic rings. The van der Waals surface area contributed by atoms with Gasteiger partial charge in [0, 0.05) is 20.0 Å². The summed E-state index contributed by atoms with van der Waals surface area (Å²) >= 11 is 0. The highest BCUT2D eigenvalue weighted by Crippen LogP contribution is 2.09. The van der Waals surface area contributed by atoms with E-state index in [0.717, 1.165) is 19.4 Å². The zero-order valence-corrected chi connectivity index (χ0v) is 14.3. The molecule has 2 nitrogen and oxygen atoms in total. The molecule has 120 valence electrons. The van der Waals surface area contributed by atoms with Crippen LogP contribution in [0.2, 0.25) is 0 Å². The Morgan fingerprint density at radius 3 is 1.70 bits per heavy atom. The predicted octanol–water partition coefficient (Wildman–Crippen LogP) is 5.56. The summed E-state index contributed by atoms with van der Waals surface area (Å²) in [5.74, 6) is 0.342. The van der Waals surface area contributed by atoms with Gasteiger partial charge in [0.25, 0.3) is 0 Å². The minimum absolute atomic E-state index is 0.342. The third-order valence-electron chi connectivity index (χ3n) is 4.02. The van der Waals surface area contributed by atoms with Gasteiger partial charge in [0.2, 0.25) is 5.91 Å². The number of carbonyl (C=O) groups excluding carboxylic acids is 1. The van der Waals surface area contributed by atoms with E-state index in [2.05, 4.69) is 13.8 Å². The average Bonchev–Trinajstić information content (AvgIpc) is 2.45. The molecular weight excluding hydrogens is 246 g/mol. The summed E-state index contributed by atoms with van der Waals surface area (Å²) in [7, 11) is 1.96. The smallest absolute Gasteiger partial charge is 0.222 e. The molecule has 0 atom stereocenters. The Morgan fingerprint density at radius 2 is 1.15 bits per heavy atom. The average molecular weight is 284 g/mol. The summed E-state index contributed by atoms with van der Waals surface area (Å²) in [5, 5.41) is 0. The topological polar surface area (TPSA) is 20.3 Å². The zero-order valence-electron chi connectivity index (χ0n) is 14.3. The van der Waals surface area contributed by atoms with E-state index in [0.29, 0.717) is 5.91 Å². The van der Waals surface area contributed by atoms with Gasteiger partial charge in [0.1, 0.15) is 0 Å². The third-order valence-corrected chi connectivity index (χ3v) is 4.02. The fraction of sp³-hybridized carbons (Fsp3) is 0.944. The second-order valence-electron chi connectivity index (χ2n) is 6.10. The van der Waals surface area contributed by atoms with Crippen LogP contribution >= 0.6 is 0 Å². The molecule has 0 saturated carbocycles. The van der Waals surface area contributed by atoms with Gasteiger partial charge in [-0.05, 0) is 12.8 Å². The van der Waals surface area contributed by atoms with Gasteiger partial charge in [-0.1, -0.05) is 78.1 Å². The summed E-state index contributed by atoms with van der Waals surface area (Å²) in [5.41, 5.74) is 0. The Morgan fingerprint density at radius 1 is 0.700 bits per heavy atom. The lowest BCUT2D eigenvalue weighted by atomic mass is 10.1. The molecule has 20 heavy (non-hydrogen) atoms. The van der Waals surface area contributed by atoms with E-state index in [9.17, 15) is 4.79 Å². The van der Waals surface area contributed by atoms with E-state index in [4.69, 9.17) is 0 Å². The maximum absolute atomic E-state index is 11.9. The van der Waals surface area contributed by atoms with Crippen LogP contribution in [-0.4, -0.2) is 24.4 Å². The highest BCUT2D eigenvalue weighted by Gasteiger charge is 2.07. The molecular formula is C18H37NO. The van der Waals surface area contributed by atoms with Gasteiger partial charge < -0.3 is 4.90 Å². The van der Waals surface area contributed by atoms with Gasteiger partial charge in [0.05, 0.1) is 0 Å². The van der Waals surface area contributed by atoms with Gasteiger partial charge in [-0.2, -0.15) is 0 Å². The highest BCUT2D eigenvalue weighted by molar-refractivity contribution is 5.75. The highest BCUT2D eigenvalue weighted by atomic mass is 16.2. The second kappa shape index (κ2) is 14.9. The van der Waals surface area contributed by atoms with E-state index < -0.39 is 0 Å².